The molecule has 3 rings (SSSR count). The standard InChI is InChI=1S/C16H21N3O4/c20-12-3-1-2-11(8-12)15(22)18-4-6-19(7-5-18)16(23)14-9-13(21)10-17-14/h1-3,8,13-14,17,20-21H,4-7,9-10H2/t13-,14+/m0/s1. The summed E-state index contributed by atoms with van der Waals surface area (Å²) >= 11 is 0. The lowest BCUT2D eigenvalue weighted by Crippen LogP contribution is -2.54. The van der Waals surface area contributed by atoms with E-state index in [9.17, 15) is 19.8 Å². The van der Waals surface area contributed by atoms with E-state index in [4.69, 9.17) is 0 Å². The molecule has 7 nitrogen and oxygen atoms in total. The van der Waals surface area contributed by atoms with Crippen LogP contribution in [-0.4, -0.2) is 76.7 Å². The molecule has 124 valence electrons. The van der Waals surface area contributed by atoms with Gasteiger partial charge < -0.3 is 25.3 Å². The number of aromatic hydroxyl groups is 1. The molecule has 1 aromatic rings. The number of carbonyl (C=O) groups is 2. The topological polar surface area (TPSA) is 93.1 Å². The van der Waals surface area contributed by atoms with E-state index in [-0.39, 0.29) is 23.6 Å². The van der Waals surface area contributed by atoms with E-state index in [2.05, 4.69) is 5.32 Å². The van der Waals surface area contributed by atoms with E-state index >= 15 is 0 Å². The molecule has 0 aliphatic carbocycles. The van der Waals surface area contributed by atoms with E-state index in [1.54, 1.807) is 21.9 Å². The number of nitrogens with zero attached hydrogens (tertiary/aromatic N) is 2. The highest BCUT2D eigenvalue weighted by molar-refractivity contribution is 5.94. The Morgan fingerprint density at radius 1 is 1.13 bits per heavy atom. The maximum absolute atomic E-state index is 12.4. The Balaban J connectivity index is 1.56. The fourth-order valence-electron chi connectivity index (χ4n) is 3.08. The van der Waals surface area contributed by atoms with Crippen LogP contribution in [0.25, 0.3) is 0 Å². The van der Waals surface area contributed by atoms with Gasteiger partial charge in [-0.1, -0.05) is 6.07 Å². The van der Waals surface area contributed by atoms with Gasteiger partial charge in [-0.2, -0.15) is 0 Å². The highest BCUT2D eigenvalue weighted by Crippen LogP contribution is 2.16. The minimum Gasteiger partial charge on any atom is -0.508 e. The van der Waals surface area contributed by atoms with Crippen molar-refractivity contribution >= 4 is 11.8 Å². The molecule has 23 heavy (non-hydrogen) atoms. The summed E-state index contributed by atoms with van der Waals surface area (Å²) in [4.78, 5) is 28.2. The van der Waals surface area contributed by atoms with Gasteiger partial charge in [-0.25, -0.2) is 0 Å². The van der Waals surface area contributed by atoms with Gasteiger partial charge in [0.2, 0.25) is 5.91 Å². The first-order valence-electron chi connectivity index (χ1n) is 7.83. The number of amides is 2. The number of benzene rings is 1. The Hall–Kier alpha value is -2.12. The van der Waals surface area contributed by atoms with E-state index in [1.807, 2.05) is 0 Å². The Bertz CT molecular complexity index is 599. The second-order valence-corrected chi connectivity index (χ2v) is 6.02. The van der Waals surface area contributed by atoms with Gasteiger partial charge in [-0.15, -0.1) is 0 Å². The van der Waals surface area contributed by atoms with E-state index < -0.39 is 6.10 Å². The lowest BCUT2D eigenvalue weighted by Gasteiger charge is -2.36. The SMILES string of the molecule is O=C(c1cccc(O)c1)N1CCN(C(=O)[C@H]2C[C@H](O)CN2)CC1. The van der Waals surface area contributed by atoms with Crippen molar-refractivity contribution < 1.29 is 19.8 Å². The summed E-state index contributed by atoms with van der Waals surface area (Å²) in [5.41, 5.74) is 0.449. The number of β-amino-alcohol motifs (C(OH)–C–C–N with tert-alkyl or cyclic N) is 1. The van der Waals surface area contributed by atoms with Gasteiger partial charge >= 0.3 is 0 Å². The summed E-state index contributed by atoms with van der Waals surface area (Å²) < 4.78 is 0. The highest BCUT2D eigenvalue weighted by atomic mass is 16.3. The van der Waals surface area contributed by atoms with E-state index in [1.165, 1.54) is 12.1 Å². The summed E-state index contributed by atoms with van der Waals surface area (Å²) in [6, 6.07) is 5.96. The lowest BCUT2D eigenvalue weighted by atomic mass is 10.1. The number of rotatable bonds is 2. The van der Waals surface area contributed by atoms with Gasteiger partial charge in [-0.05, 0) is 24.6 Å². The Morgan fingerprint density at radius 3 is 2.43 bits per heavy atom. The molecule has 2 heterocycles. The van der Waals surface area contributed by atoms with Crippen LogP contribution in [0.4, 0.5) is 0 Å². The average molecular weight is 319 g/mol. The minimum atomic E-state index is -0.461. The fraction of sp³-hybridized carbons (Fsp3) is 0.500. The largest absolute Gasteiger partial charge is 0.508 e. The Labute approximate surface area is 134 Å². The zero-order chi connectivity index (χ0) is 16.4. The molecule has 0 radical (unpaired) electrons. The first kappa shape index (κ1) is 15.8. The van der Waals surface area contributed by atoms with Crippen LogP contribution >= 0.6 is 0 Å². The summed E-state index contributed by atoms with van der Waals surface area (Å²) in [5, 5.41) is 22.0. The molecule has 2 fully saturated rings. The molecule has 3 N–H and O–H groups in total. The van der Waals surface area contributed by atoms with Gasteiger partial charge in [0.25, 0.3) is 5.91 Å². The molecule has 2 amide bonds. The maximum Gasteiger partial charge on any atom is 0.254 e. The lowest BCUT2D eigenvalue weighted by molar-refractivity contribution is -0.134. The Morgan fingerprint density at radius 2 is 1.83 bits per heavy atom. The van der Waals surface area contributed by atoms with Crippen molar-refractivity contribution in [2.24, 2.45) is 0 Å². The van der Waals surface area contributed by atoms with Crippen molar-refractivity contribution in [1.29, 1.82) is 0 Å². The van der Waals surface area contributed by atoms with Crippen molar-refractivity contribution in [2.45, 2.75) is 18.6 Å². The van der Waals surface area contributed by atoms with Gasteiger partial charge in [0, 0.05) is 38.3 Å². The number of aliphatic hydroxyl groups excluding tert-OH is 1. The third kappa shape index (κ3) is 3.46. The number of nitrogens with one attached hydrogen (secondary N) is 1. The number of aliphatic hydroxyl groups is 1. The third-order valence-electron chi connectivity index (χ3n) is 4.38. The molecule has 0 bridgehead atoms. The van der Waals surface area contributed by atoms with Crippen molar-refractivity contribution in [3.63, 3.8) is 0 Å². The molecular formula is C16H21N3O4. The molecule has 0 unspecified atom stereocenters. The van der Waals surface area contributed by atoms with Gasteiger partial charge in [0.1, 0.15) is 5.75 Å². The number of carbonyl (C=O) groups excluding carboxylic acids is 2. The van der Waals surface area contributed by atoms with Crippen LogP contribution in [0.1, 0.15) is 16.8 Å². The molecule has 1 aromatic carbocycles. The summed E-state index contributed by atoms with van der Waals surface area (Å²) in [7, 11) is 0. The second-order valence-electron chi connectivity index (χ2n) is 6.02. The highest BCUT2D eigenvalue weighted by Gasteiger charge is 2.33. The van der Waals surface area contributed by atoms with Crippen LogP contribution in [0.5, 0.6) is 5.75 Å². The first-order chi connectivity index (χ1) is 11.0. The number of hydrogen-bond donors (Lipinski definition) is 3. The molecule has 0 spiro atoms. The number of hydrogen-bond acceptors (Lipinski definition) is 5. The number of phenolic OH excluding ortho intramolecular Hbond substituents is 1. The van der Waals surface area contributed by atoms with Gasteiger partial charge in [0.15, 0.2) is 0 Å². The van der Waals surface area contributed by atoms with Crippen molar-refractivity contribution in [2.75, 3.05) is 32.7 Å². The molecule has 7 heteroatoms. The molecule has 2 atom stereocenters. The van der Waals surface area contributed by atoms with Crippen molar-refractivity contribution in [1.82, 2.24) is 15.1 Å². The molecule has 2 aliphatic rings. The van der Waals surface area contributed by atoms with Crippen LogP contribution in [-0.2, 0) is 4.79 Å². The molecule has 2 aliphatic heterocycles. The van der Waals surface area contributed by atoms with Crippen molar-refractivity contribution in [3.05, 3.63) is 29.8 Å². The summed E-state index contributed by atoms with van der Waals surface area (Å²) in [6.45, 7) is 2.35. The summed E-state index contributed by atoms with van der Waals surface area (Å²) in [6.07, 6.45) is -0.0149. The maximum atomic E-state index is 12.4. The molecular weight excluding hydrogens is 298 g/mol. The monoisotopic (exact) mass is 319 g/mol. The van der Waals surface area contributed by atoms with Crippen LogP contribution < -0.4 is 5.32 Å². The van der Waals surface area contributed by atoms with E-state index in [0.717, 1.165) is 0 Å². The minimum absolute atomic E-state index is 0.00833. The first-order valence-corrected chi connectivity index (χ1v) is 7.83. The fourth-order valence-corrected chi connectivity index (χ4v) is 3.08. The van der Waals surface area contributed by atoms with Crippen molar-refractivity contribution in [3.8, 4) is 5.75 Å². The van der Waals surface area contributed by atoms with Crippen LogP contribution in [0.2, 0.25) is 0 Å². The second kappa shape index (κ2) is 6.55. The smallest absolute Gasteiger partial charge is 0.254 e. The third-order valence-corrected chi connectivity index (χ3v) is 4.38. The Kier molecular flexibility index (Phi) is 4.49. The quantitative estimate of drug-likeness (QED) is 0.677. The molecule has 2 saturated heterocycles. The van der Waals surface area contributed by atoms with Gasteiger partial charge in [0.05, 0.1) is 12.1 Å². The number of piperazine rings is 1. The number of phenols is 1. The van der Waals surface area contributed by atoms with Crippen LogP contribution in [0.3, 0.4) is 0 Å². The predicted octanol–water partition coefficient (Wildman–Crippen LogP) is -0.601. The normalized spacial score (nSPS) is 24.7. The molecule has 0 aromatic heterocycles. The summed E-state index contributed by atoms with van der Waals surface area (Å²) in [5.74, 6) is -0.0797. The average Bonchev–Trinajstić information content (AvgIpc) is 3.00. The zero-order valence-corrected chi connectivity index (χ0v) is 12.8. The zero-order valence-electron chi connectivity index (χ0n) is 12.8. The van der Waals surface area contributed by atoms with E-state index in [0.29, 0.717) is 44.7 Å². The molecule has 0 saturated carbocycles. The van der Waals surface area contributed by atoms with Gasteiger partial charge in [-0.3, -0.25) is 9.59 Å². The predicted molar refractivity (Wildman–Crippen MR) is 83.0 cm³/mol. The van der Waals surface area contributed by atoms with Crippen LogP contribution in [0.15, 0.2) is 24.3 Å². The van der Waals surface area contributed by atoms with Crippen LogP contribution in [0, 0.1) is 0 Å².